The van der Waals surface area contributed by atoms with Gasteiger partial charge in [0, 0.05) is 158 Å². The van der Waals surface area contributed by atoms with Gasteiger partial charge in [0.05, 0.1) is 39.9 Å². The lowest BCUT2D eigenvalue weighted by molar-refractivity contribution is 0.0974. The number of hydrogen-bond acceptors (Lipinski definition) is 19. The molecule has 15 aromatic rings. The molecule has 7 heterocycles. The molecule has 6 saturated carbocycles. The summed E-state index contributed by atoms with van der Waals surface area (Å²) in [5, 5.41) is 29.5. The Balaban J connectivity index is 0.000000130. The second-order valence-corrected chi connectivity index (χ2v) is 48.0. The molecule has 35 heteroatoms. The fourth-order valence-electron chi connectivity index (χ4n) is 18.7. The first-order valence-corrected chi connectivity index (χ1v) is 58.4. The largest absolute Gasteiger partial charge is 0.332 e. The Hall–Kier alpha value is -8.10. The van der Waals surface area contributed by atoms with E-state index in [2.05, 4.69) is 64.4 Å². The van der Waals surface area contributed by atoms with Gasteiger partial charge in [-0.2, -0.15) is 0 Å². The zero-order valence-electron chi connectivity index (χ0n) is 83.4. The Labute approximate surface area is 926 Å². The highest BCUT2D eigenvalue weighted by molar-refractivity contribution is 7.07. The lowest BCUT2D eigenvalue weighted by Crippen LogP contribution is -2.20. The van der Waals surface area contributed by atoms with Crippen LogP contribution >= 0.6 is 162 Å². The number of unbranched alkanes of at least 4 members (excludes halogenated alkanes) is 1. The summed E-state index contributed by atoms with van der Waals surface area (Å²) in [4.78, 5) is 19.6. The molecule has 7 aromatic heterocycles. The Morgan fingerprint density at radius 2 is 0.655 bits per heavy atom. The van der Waals surface area contributed by atoms with Crippen LogP contribution < -0.4 is 0 Å². The SMILES string of the molecule is CC(C)(CCc1snnc1C1CC1)c1c(F)cccc1Cl.CC(CCc1snnc1C1CC1)c1c(F)cccc1Cl.CCCCC(CCc1snnc1C1CC1)c1c(F)cccc1Cl.C[C@@H](CCc1snnc1C1CC1)c1c(F)cccc1Cl.C[C@H](CCc1snnc1C1CC1)c1c(F)cccc1Cl.Cn1c(Cl)ccc1C(=O)CCc1c(F)cccc1Cl.Fc1cccc(Cl)c1C(CCc1snnc1C1CC1)c1ccccc1. The number of ketones is 1. The van der Waals surface area contributed by atoms with Crippen LogP contribution in [0.25, 0.3) is 0 Å². The predicted molar refractivity (Wildman–Crippen MR) is 593 cm³/mol. The van der Waals surface area contributed by atoms with Crippen LogP contribution in [0.5, 0.6) is 0 Å². The molecule has 0 aliphatic heterocycles. The van der Waals surface area contributed by atoms with Crippen molar-refractivity contribution in [2.45, 2.75) is 298 Å². The maximum Gasteiger partial charge on any atom is 0.179 e. The number of aryl methyl sites for hydroxylation is 6. The van der Waals surface area contributed by atoms with Crippen molar-refractivity contribution in [3.63, 3.8) is 0 Å². The molecule has 0 radical (unpaired) electrons. The smallest absolute Gasteiger partial charge is 0.179 e. The standard InChI is InChI=1S/C20H18ClFN2S.C18H22ClFN2S.C16H18ClFN2S.3C15H16ClFN2S.C14H12Cl2FNO/c21-16-7-4-8-17(22)19(16)15(13-5-2-1-3-6-13)11-12-18-20(14-9-10-14)23-24-25-18;1-2-3-5-12(17-14(19)6-4-7-15(17)20)10-11-16-18(13-8-9-13)21-22-23-16;1-16(2,14-11(17)4-3-5-12(14)18)9-8-13-15(10-6-7-10)19-20-21-13;3*1-9(14-11(16)3-2-4-12(14)17)5-8-13-15(10-6-7-10)18-19-20-13;1-18-12(6-8-14(18)16)13(19)7-5-9-10(15)3-2-4-11(9)17/h1-8,14-15H,9-12H2;4,6-7,12-13H,2-3,5,8-11H2,1H3;3-5,10H,6-9H2,1-2H3;3*2-4,9-10H,5-8H2,1H3;2-4,6,8H,5,7H2,1H3/t;;;2*9-;;/m...10../s1. The van der Waals surface area contributed by atoms with E-state index in [-0.39, 0.29) is 94.3 Å². The maximum absolute atomic E-state index is 14.6. The minimum Gasteiger partial charge on any atom is -0.332 e. The van der Waals surface area contributed by atoms with Crippen LogP contribution in [0.15, 0.2) is 170 Å². The van der Waals surface area contributed by atoms with E-state index < -0.39 is 0 Å². The molecule has 5 atom stereocenters. The van der Waals surface area contributed by atoms with Gasteiger partial charge in [-0.1, -0.05) is 247 Å². The fraction of sp³-hybridized carbons (Fsp3) is 0.425. The second-order valence-electron chi connectivity index (χ2n) is 39.7. The highest BCUT2D eigenvalue weighted by Gasteiger charge is 2.38. The van der Waals surface area contributed by atoms with Gasteiger partial charge >= 0.3 is 0 Å². The molecule has 782 valence electrons. The summed E-state index contributed by atoms with van der Waals surface area (Å²) in [6, 6.07) is 47.2. The molecule has 0 saturated heterocycles. The number of benzene rings is 8. The third-order valence-electron chi connectivity index (χ3n) is 28.1. The van der Waals surface area contributed by atoms with E-state index >= 15 is 0 Å². The van der Waals surface area contributed by atoms with Gasteiger partial charge in [-0.25, -0.2) is 30.7 Å². The zero-order valence-corrected chi connectivity index (χ0v) is 94.3. The molecule has 3 unspecified atom stereocenters. The topological polar surface area (TPSA) is 177 Å². The lowest BCUT2D eigenvalue weighted by atomic mass is 9.80. The number of carbonyl (C=O) groups is 1. The number of halogens is 15. The van der Waals surface area contributed by atoms with Crippen LogP contribution in [-0.2, 0) is 57.4 Å². The molecule has 0 bridgehead atoms. The first-order chi connectivity index (χ1) is 71.4. The average Bonchev–Trinajstić information content (AvgIpc) is 1.67. The van der Waals surface area contributed by atoms with Crippen LogP contribution in [0.3, 0.4) is 0 Å². The van der Waals surface area contributed by atoms with Gasteiger partial charge in [0.2, 0.25) is 0 Å². The summed E-state index contributed by atoms with van der Waals surface area (Å²) in [6.07, 6.45) is 28.8. The summed E-state index contributed by atoms with van der Waals surface area (Å²) in [7, 11) is 1.71. The molecular weight excluding hydrogens is 2160 g/mol. The summed E-state index contributed by atoms with van der Waals surface area (Å²) >= 11 is 57.9. The summed E-state index contributed by atoms with van der Waals surface area (Å²) < 4.78 is 124. The summed E-state index contributed by atoms with van der Waals surface area (Å²) in [5.41, 5.74) is 12.4. The van der Waals surface area contributed by atoms with Crippen LogP contribution in [0.1, 0.15) is 366 Å². The Morgan fingerprint density at radius 3 is 0.980 bits per heavy atom. The molecule has 14 nitrogen and oxygen atoms in total. The quantitative estimate of drug-likeness (QED) is 0.0264. The van der Waals surface area contributed by atoms with Crippen LogP contribution in [0.2, 0.25) is 40.3 Å². The van der Waals surface area contributed by atoms with Gasteiger partial charge < -0.3 is 4.57 Å². The van der Waals surface area contributed by atoms with E-state index in [0.29, 0.717) is 120 Å². The van der Waals surface area contributed by atoms with Crippen molar-refractivity contribution in [1.29, 1.82) is 0 Å². The molecule has 6 fully saturated rings. The third-order valence-corrected chi connectivity index (χ3v) is 35.5. The van der Waals surface area contributed by atoms with Gasteiger partial charge in [0.1, 0.15) is 45.9 Å². The molecule has 6 aliphatic rings. The van der Waals surface area contributed by atoms with Crippen molar-refractivity contribution in [3.05, 3.63) is 365 Å². The average molecular weight is 2280 g/mol. The van der Waals surface area contributed by atoms with E-state index in [1.54, 1.807) is 109 Å². The molecule has 148 heavy (non-hydrogen) atoms. The van der Waals surface area contributed by atoms with Gasteiger partial charge in [-0.15, -0.1) is 30.6 Å². The highest BCUT2D eigenvalue weighted by Crippen LogP contribution is 2.50. The Morgan fingerprint density at radius 1 is 0.345 bits per heavy atom. The zero-order chi connectivity index (χ0) is 105. The molecule has 0 amide bonds. The molecule has 8 aromatic carbocycles. The van der Waals surface area contributed by atoms with E-state index in [0.717, 1.165) is 113 Å². The van der Waals surface area contributed by atoms with E-state index in [1.165, 1.54) is 241 Å². The Bertz CT molecular complexity index is 6480. The fourth-order valence-corrected chi connectivity index (χ4v) is 25.6. The van der Waals surface area contributed by atoms with Crippen molar-refractivity contribution in [2.75, 3.05) is 0 Å². The number of aromatic nitrogens is 13. The maximum atomic E-state index is 14.6. The summed E-state index contributed by atoms with van der Waals surface area (Å²) in [6.45, 7) is 12.3. The van der Waals surface area contributed by atoms with Gasteiger partial charge in [0.15, 0.2) is 5.78 Å². The molecule has 6 aliphatic carbocycles. The number of rotatable bonds is 38. The summed E-state index contributed by atoms with van der Waals surface area (Å²) in [5.74, 6) is 2.29. The molecule has 0 spiro atoms. The van der Waals surface area contributed by atoms with Crippen molar-refractivity contribution >= 4 is 168 Å². The van der Waals surface area contributed by atoms with Crippen molar-refractivity contribution < 1.29 is 35.5 Å². The van der Waals surface area contributed by atoms with Crippen molar-refractivity contribution in [3.8, 4) is 0 Å². The monoisotopic (exact) mass is 2280 g/mol. The first kappa shape index (κ1) is 114. The number of hydrogen-bond donors (Lipinski definition) is 0. The van der Waals surface area contributed by atoms with Gasteiger partial charge in [-0.05, 0) is 368 Å². The van der Waals surface area contributed by atoms with Crippen molar-refractivity contribution in [1.82, 2.24) is 62.1 Å². The van der Waals surface area contributed by atoms with Gasteiger partial charge in [-0.3, -0.25) is 4.79 Å². The minimum absolute atomic E-state index is 0.0796. The number of carbonyl (C=O) groups excluding carboxylic acids is 1. The molecule has 21 rings (SSSR count). The van der Waals surface area contributed by atoms with Crippen molar-refractivity contribution in [2.24, 2.45) is 7.05 Å². The van der Waals surface area contributed by atoms with E-state index in [1.807, 2.05) is 65.0 Å². The van der Waals surface area contributed by atoms with Gasteiger partial charge in [0.25, 0.3) is 0 Å². The van der Waals surface area contributed by atoms with Crippen LogP contribution in [-0.4, -0.2) is 67.9 Å². The minimum atomic E-state index is -0.384. The predicted octanol–water partition coefficient (Wildman–Crippen LogP) is 36.3. The molecular formula is C113H118Cl8F7N13OS6. The third kappa shape index (κ3) is 31.4. The first-order valence-electron chi connectivity index (χ1n) is 50.8. The normalized spacial score (nSPS) is 15.2. The number of Topliss-reactive ketones (excluding diaryl/α,β-unsaturated/α-hetero) is 1. The van der Waals surface area contributed by atoms with E-state index in [9.17, 15) is 35.5 Å². The molecule has 0 N–H and O–H groups in total. The lowest BCUT2D eigenvalue weighted by Gasteiger charge is -2.26. The second kappa shape index (κ2) is 54.6. The van der Waals surface area contributed by atoms with Crippen LogP contribution in [0, 0.1) is 40.7 Å². The Kier molecular flexibility index (Phi) is 42.1. The highest BCUT2D eigenvalue weighted by atomic mass is 35.5. The number of nitrogens with zero attached hydrogens (tertiary/aromatic N) is 13. The van der Waals surface area contributed by atoms with E-state index in [4.69, 9.17) is 92.8 Å². The van der Waals surface area contributed by atoms with Crippen LogP contribution in [0.4, 0.5) is 30.7 Å².